The average molecular weight is 427 g/mol. The van der Waals surface area contributed by atoms with E-state index >= 15 is 0 Å². The maximum absolute atomic E-state index is 12.6. The Balaban J connectivity index is 1.37. The minimum atomic E-state index is -0.133. The van der Waals surface area contributed by atoms with Crippen LogP contribution in [0, 0.1) is 13.8 Å². The van der Waals surface area contributed by atoms with Crippen LogP contribution in [0.1, 0.15) is 50.2 Å². The molecule has 6 heteroatoms. The Morgan fingerprint density at radius 1 is 1.10 bits per heavy atom. The summed E-state index contributed by atoms with van der Waals surface area (Å²) >= 11 is 0. The van der Waals surface area contributed by atoms with Gasteiger partial charge in [-0.05, 0) is 70.1 Å². The van der Waals surface area contributed by atoms with E-state index in [0.717, 1.165) is 50.4 Å². The van der Waals surface area contributed by atoms with E-state index in [9.17, 15) is 9.59 Å². The lowest BCUT2D eigenvalue weighted by Crippen LogP contribution is -2.54. The first-order valence-electron chi connectivity index (χ1n) is 11.7. The van der Waals surface area contributed by atoms with Crippen LogP contribution >= 0.6 is 0 Å². The first-order valence-corrected chi connectivity index (χ1v) is 11.7. The molecule has 1 aromatic rings. The molecule has 1 aliphatic carbocycles. The van der Waals surface area contributed by atoms with Crippen molar-refractivity contribution in [2.75, 3.05) is 44.6 Å². The van der Waals surface area contributed by atoms with Gasteiger partial charge in [0.05, 0.1) is 12.6 Å². The van der Waals surface area contributed by atoms with Gasteiger partial charge >= 0.3 is 0 Å². The monoisotopic (exact) mass is 426 g/mol. The molecule has 0 aromatic heterocycles. The van der Waals surface area contributed by atoms with Gasteiger partial charge < -0.3 is 10.6 Å². The maximum atomic E-state index is 12.6. The fourth-order valence-electron chi connectivity index (χ4n) is 4.38. The number of hydrogen-bond donors (Lipinski definition) is 2. The summed E-state index contributed by atoms with van der Waals surface area (Å²) in [5, 5.41) is 6.15. The highest BCUT2D eigenvalue weighted by molar-refractivity contribution is 5.93. The second-order valence-electron chi connectivity index (χ2n) is 8.93. The number of nitrogens with zero attached hydrogens (tertiary/aromatic N) is 2. The molecular weight excluding hydrogens is 388 g/mol. The van der Waals surface area contributed by atoms with Gasteiger partial charge in [0.25, 0.3) is 0 Å². The quantitative estimate of drug-likeness (QED) is 0.627. The third kappa shape index (κ3) is 6.91. The fraction of sp³-hybridized carbons (Fsp3) is 0.600. The molecule has 1 heterocycles. The predicted molar refractivity (Wildman–Crippen MR) is 126 cm³/mol. The number of carbonyl (C=O) groups excluding carboxylic acids is 2. The lowest BCUT2D eigenvalue weighted by Gasteiger charge is -2.37. The molecule has 2 amide bonds. The molecule has 3 rings (SSSR count). The highest BCUT2D eigenvalue weighted by Gasteiger charge is 2.26. The summed E-state index contributed by atoms with van der Waals surface area (Å²) in [5.41, 5.74) is 4.67. The van der Waals surface area contributed by atoms with Gasteiger partial charge in [0.1, 0.15) is 0 Å². The Kier molecular flexibility index (Phi) is 8.67. The van der Waals surface area contributed by atoms with Crippen molar-refractivity contribution in [1.29, 1.82) is 0 Å². The molecular formula is C25H38N4O2. The van der Waals surface area contributed by atoms with Crippen molar-refractivity contribution in [2.45, 2.75) is 58.9 Å². The molecule has 2 aliphatic rings. The molecule has 1 aromatic carbocycles. The van der Waals surface area contributed by atoms with Crippen molar-refractivity contribution in [3.8, 4) is 0 Å². The van der Waals surface area contributed by atoms with Gasteiger partial charge in [-0.2, -0.15) is 0 Å². The number of carbonyl (C=O) groups is 2. The van der Waals surface area contributed by atoms with Gasteiger partial charge in [0, 0.05) is 38.4 Å². The van der Waals surface area contributed by atoms with E-state index < -0.39 is 0 Å². The number of anilines is 1. The molecule has 6 nitrogen and oxygen atoms in total. The van der Waals surface area contributed by atoms with Gasteiger partial charge in [0.2, 0.25) is 11.8 Å². The topological polar surface area (TPSA) is 64.7 Å². The summed E-state index contributed by atoms with van der Waals surface area (Å²) in [6.45, 7) is 10.4. The fourth-order valence-corrected chi connectivity index (χ4v) is 4.38. The van der Waals surface area contributed by atoms with E-state index in [4.69, 9.17) is 0 Å². The van der Waals surface area contributed by atoms with Gasteiger partial charge in [-0.1, -0.05) is 23.8 Å². The van der Waals surface area contributed by atoms with Crippen molar-refractivity contribution in [3.63, 3.8) is 0 Å². The average Bonchev–Trinajstić information content (AvgIpc) is 2.77. The number of hydrogen-bond acceptors (Lipinski definition) is 4. The van der Waals surface area contributed by atoms with E-state index in [2.05, 4.69) is 39.5 Å². The Bertz CT molecular complexity index is 797. The van der Waals surface area contributed by atoms with Crippen LogP contribution in [0.25, 0.3) is 0 Å². The van der Waals surface area contributed by atoms with E-state index in [1.165, 1.54) is 36.8 Å². The van der Waals surface area contributed by atoms with E-state index in [-0.39, 0.29) is 17.9 Å². The normalized spacial score (nSPS) is 18.9. The van der Waals surface area contributed by atoms with Gasteiger partial charge in [0.15, 0.2) is 0 Å². The molecule has 1 atom stereocenters. The van der Waals surface area contributed by atoms with Crippen molar-refractivity contribution < 1.29 is 9.59 Å². The molecule has 0 saturated carbocycles. The number of rotatable bonds is 8. The molecule has 0 radical (unpaired) electrons. The maximum Gasteiger partial charge on any atom is 0.238 e. The summed E-state index contributed by atoms with van der Waals surface area (Å²) in [5.74, 6) is 0.127. The van der Waals surface area contributed by atoms with Gasteiger partial charge in [-0.15, -0.1) is 0 Å². The lowest BCUT2D eigenvalue weighted by molar-refractivity contribution is -0.127. The molecule has 31 heavy (non-hydrogen) atoms. The van der Waals surface area contributed by atoms with Crippen molar-refractivity contribution in [3.05, 3.63) is 41.0 Å². The lowest BCUT2D eigenvalue weighted by atomic mass is 9.97. The number of piperazine rings is 1. The first-order chi connectivity index (χ1) is 14.9. The zero-order chi connectivity index (χ0) is 22.2. The molecule has 1 aliphatic heterocycles. The molecule has 1 fully saturated rings. The van der Waals surface area contributed by atoms with Crippen LogP contribution in [0.5, 0.6) is 0 Å². The van der Waals surface area contributed by atoms with Crippen molar-refractivity contribution >= 4 is 17.5 Å². The number of amides is 2. The minimum Gasteiger partial charge on any atom is -0.354 e. The molecule has 0 spiro atoms. The van der Waals surface area contributed by atoms with Crippen LogP contribution in [0.2, 0.25) is 0 Å². The molecule has 1 saturated heterocycles. The summed E-state index contributed by atoms with van der Waals surface area (Å²) in [4.78, 5) is 29.4. The van der Waals surface area contributed by atoms with Crippen LogP contribution in [-0.2, 0) is 9.59 Å². The standard InChI is InChI=1S/C25H38N4O2/c1-19-8-7-11-23(20(19)2)27-24(30)18-28-14-16-29(17-15-28)21(3)25(31)26-13-12-22-9-5-4-6-10-22/h7-9,11,21H,4-6,10,12-18H2,1-3H3,(H,26,31)(H,27,30)/t21-/m0/s1. The van der Waals surface area contributed by atoms with Crippen LogP contribution in [0.4, 0.5) is 5.69 Å². The third-order valence-electron chi connectivity index (χ3n) is 6.71. The number of allylic oxidation sites excluding steroid dienone is 1. The largest absolute Gasteiger partial charge is 0.354 e. The van der Waals surface area contributed by atoms with Crippen LogP contribution in [0.15, 0.2) is 29.8 Å². The second kappa shape index (κ2) is 11.4. The zero-order valence-electron chi connectivity index (χ0n) is 19.4. The smallest absolute Gasteiger partial charge is 0.238 e. The predicted octanol–water partition coefficient (Wildman–Crippen LogP) is 3.25. The Morgan fingerprint density at radius 3 is 2.58 bits per heavy atom. The zero-order valence-corrected chi connectivity index (χ0v) is 19.4. The summed E-state index contributed by atoms with van der Waals surface area (Å²) in [6, 6.07) is 5.83. The highest BCUT2D eigenvalue weighted by Crippen LogP contribution is 2.20. The van der Waals surface area contributed by atoms with Crippen LogP contribution in [-0.4, -0.2) is 66.9 Å². The van der Waals surface area contributed by atoms with E-state index in [0.29, 0.717) is 6.54 Å². The Hall–Kier alpha value is -2.18. The van der Waals surface area contributed by atoms with E-state index in [1.54, 1.807) is 0 Å². The first kappa shape index (κ1) is 23.5. The Labute approximate surface area is 187 Å². The summed E-state index contributed by atoms with van der Waals surface area (Å²) in [6.07, 6.45) is 8.27. The SMILES string of the molecule is Cc1cccc(NC(=O)CN2CCN([C@@H](C)C(=O)NCCC3=CCCCC3)CC2)c1C. The molecule has 170 valence electrons. The number of nitrogens with one attached hydrogen (secondary N) is 2. The van der Waals surface area contributed by atoms with Crippen LogP contribution < -0.4 is 10.6 Å². The summed E-state index contributed by atoms with van der Waals surface area (Å²) < 4.78 is 0. The summed E-state index contributed by atoms with van der Waals surface area (Å²) in [7, 11) is 0. The highest BCUT2D eigenvalue weighted by atomic mass is 16.2. The number of aryl methyl sites for hydroxylation is 1. The van der Waals surface area contributed by atoms with Crippen LogP contribution in [0.3, 0.4) is 0 Å². The Morgan fingerprint density at radius 2 is 1.87 bits per heavy atom. The van der Waals surface area contributed by atoms with Crippen molar-refractivity contribution in [2.24, 2.45) is 0 Å². The molecule has 0 unspecified atom stereocenters. The van der Waals surface area contributed by atoms with Gasteiger partial charge in [-0.3, -0.25) is 19.4 Å². The van der Waals surface area contributed by atoms with Gasteiger partial charge in [-0.25, -0.2) is 0 Å². The van der Waals surface area contributed by atoms with Crippen molar-refractivity contribution in [1.82, 2.24) is 15.1 Å². The molecule has 2 N–H and O–H groups in total. The van der Waals surface area contributed by atoms with E-state index in [1.807, 2.05) is 26.0 Å². The minimum absolute atomic E-state index is 0.0185. The third-order valence-corrected chi connectivity index (χ3v) is 6.71. The second-order valence-corrected chi connectivity index (χ2v) is 8.93. The molecule has 0 bridgehead atoms. The number of benzene rings is 1.